The molecule has 1 heterocycles. The van der Waals surface area contributed by atoms with E-state index in [1.54, 1.807) is 12.1 Å². The van der Waals surface area contributed by atoms with Gasteiger partial charge in [-0.1, -0.05) is 6.07 Å². The van der Waals surface area contributed by atoms with Gasteiger partial charge in [-0.05, 0) is 37.1 Å². The monoisotopic (exact) mass is 273 g/mol. The highest BCUT2D eigenvalue weighted by Gasteiger charge is 2.13. The summed E-state index contributed by atoms with van der Waals surface area (Å²) >= 11 is 0. The van der Waals surface area contributed by atoms with Crippen molar-refractivity contribution < 1.29 is 4.79 Å². The first-order valence-corrected chi connectivity index (χ1v) is 6.07. The number of hydrogen-bond acceptors (Lipinski definition) is 3. The second-order valence-corrected chi connectivity index (χ2v) is 4.70. The van der Waals surface area contributed by atoms with Crippen molar-refractivity contribution in [3.05, 3.63) is 61.9 Å². The largest absolute Gasteiger partial charge is 0.328 e. The molecule has 0 saturated carbocycles. The van der Waals surface area contributed by atoms with Crippen LogP contribution in [0, 0.1) is 13.8 Å². The molecule has 6 heteroatoms. The SMILES string of the molecule is Cc1cc(C)cc(NC(=O)c2c[nH]c(=O)n(C)c2=O)c1. The van der Waals surface area contributed by atoms with Gasteiger partial charge in [0.15, 0.2) is 0 Å². The van der Waals surface area contributed by atoms with Crippen LogP contribution in [0.3, 0.4) is 0 Å². The maximum atomic E-state index is 12.1. The zero-order valence-electron chi connectivity index (χ0n) is 11.5. The van der Waals surface area contributed by atoms with Gasteiger partial charge in [-0.3, -0.25) is 14.2 Å². The van der Waals surface area contributed by atoms with Gasteiger partial charge in [0.25, 0.3) is 11.5 Å². The van der Waals surface area contributed by atoms with E-state index in [4.69, 9.17) is 0 Å². The van der Waals surface area contributed by atoms with Crippen molar-refractivity contribution >= 4 is 11.6 Å². The maximum Gasteiger partial charge on any atom is 0.328 e. The molecule has 0 aliphatic rings. The topological polar surface area (TPSA) is 84.0 Å². The van der Waals surface area contributed by atoms with Gasteiger partial charge in [-0.25, -0.2) is 4.79 Å². The number of aryl methyl sites for hydroxylation is 2. The summed E-state index contributed by atoms with van der Waals surface area (Å²) in [6, 6.07) is 5.59. The highest BCUT2D eigenvalue weighted by molar-refractivity contribution is 6.03. The average Bonchev–Trinajstić information content (AvgIpc) is 2.34. The number of rotatable bonds is 2. The Morgan fingerprint density at radius 1 is 1.15 bits per heavy atom. The average molecular weight is 273 g/mol. The number of carbonyl (C=O) groups is 1. The van der Waals surface area contributed by atoms with Crippen molar-refractivity contribution in [2.24, 2.45) is 7.05 Å². The van der Waals surface area contributed by atoms with Crippen LogP contribution in [0.4, 0.5) is 5.69 Å². The number of benzene rings is 1. The van der Waals surface area contributed by atoms with Crippen LogP contribution >= 0.6 is 0 Å². The summed E-state index contributed by atoms with van der Waals surface area (Å²) in [7, 11) is 1.31. The number of nitrogens with zero attached hydrogens (tertiary/aromatic N) is 1. The molecular formula is C14H15N3O3. The first kappa shape index (κ1) is 13.8. The third-order valence-corrected chi connectivity index (χ3v) is 2.90. The standard InChI is InChI=1S/C14H15N3O3/c1-8-4-9(2)6-10(5-8)16-12(18)11-7-15-14(20)17(3)13(11)19/h4-7H,1-3H3,(H,15,20)(H,16,18). The molecule has 1 amide bonds. The van der Waals surface area contributed by atoms with Crippen molar-refractivity contribution in [2.45, 2.75) is 13.8 Å². The second kappa shape index (κ2) is 5.16. The van der Waals surface area contributed by atoms with Gasteiger partial charge in [0.05, 0.1) is 0 Å². The number of amides is 1. The van der Waals surface area contributed by atoms with Crippen LogP contribution in [0.1, 0.15) is 21.5 Å². The first-order valence-electron chi connectivity index (χ1n) is 6.07. The molecule has 1 aromatic carbocycles. The summed E-state index contributed by atoms with van der Waals surface area (Å²) in [6.07, 6.45) is 1.13. The van der Waals surface area contributed by atoms with Crippen LogP contribution in [0.25, 0.3) is 0 Å². The van der Waals surface area contributed by atoms with Gasteiger partial charge in [0.2, 0.25) is 0 Å². The molecule has 0 aliphatic heterocycles. The molecule has 6 nitrogen and oxygen atoms in total. The Hall–Kier alpha value is -2.63. The number of hydrogen-bond donors (Lipinski definition) is 2. The number of aromatic nitrogens is 2. The fraction of sp³-hybridized carbons (Fsp3) is 0.214. The summed E-state index contributed by atoms with van der Waals surface area (Å²) in [4.78, 5) is 37.5. The van der Waals surface area contributed by atoms with Crippen molar-refractivity contribution in [3.63, 3.8) is 0 Å². The van der Waals surface area contributed by atoms with Gasteiger partial charge < -0.3 is 10.3 Å². The van der Waals surface area contributed by atoms with E-state index in [0.29, 0.717) is 5.69 Å². The Bertz CT molecular complexity index is 767. The van der Waals surface area contributed by atoms with Gasteiger partial charge in [-0.15, -0.1) is 0 Å². The Morgan fingerprint density at radius 3 is 2.35 bits per heavy atom. The Morgan fingerprint density at radius 2 is 1.75 bits per heavy atom. The zero-order valence-corrected chi connectivity index (χ0v) is 11.5. The van der Waals surface area contributed by atoms with Gasteiger partial charge in [0, 0.05) is 18.9 Å². The summed E-state index contributed by atoms with van der Waals surface area (Å²) < 4.78 is 0.858. The van der Waals surface area contributed by atoms with Gasteiger partial charge in [0.1, 0.15) is 5.56 Å². The minimum atomic E-state index is -0.629. The molecule has 0 aliphatic carbocycles. The van der Waals surface area contributed by atoms with Gasteiger partial charge in [-0.2, -0.15) is 0 Å². The summed E-state index contributed by atoms with van der Waals surface area (Å²) in [5.41, 5.74) is 1.34. The van der Waals surface area contributed by atoms with E-state index in [-0.39, 0.29) is 5.56 Å². The second-order valence-electron chi connectivity index (χ2n) is 4.70. The van der Waals surface area contributed by atoms with E-state index in [9.17, 15) is 14.4 Å². The molecule has 0 radical (unpaired) electrons. The van der Waals surface area contributed by atoms with E-state index in [1.807, 2.05) is 19.9 Å². The smallest absolute Gasteiger partial charge is 0.322 e. The Kier molecular flexibility index (Phi) is 3.56. The van der Waals surface area contributed by atoms with E-state index < -0.39 is 17.2 Å². The van der Waals surface area contributed by atoms with Crippen LogP contribution in [0.5, 0.6) is 0 Å². The number of nitrogens with one attached hydrogen (secondary N) is 2. The number of anilines is 1. The highest BCUT2D eigenvalue weighted by atomic mass is 16.2. The minimum absolute atomic E-state index is 0.105. The molecule has 2 N–H and O–H groups in total. The molecule has 104 valence electrons. The third kappa shape index (κ3) is 2.69. The number of aromatic amines is 1. The predicted molar refractivity (Wildman–Crippen MR) is 76.2 cm³/mol. The fourth-order valence-electron chi connectivity index (χ4n) is 1.97. The van der Waals surface area contributed by atoms with Crippen molar-refractivity contribution in [1.82, 2.24) is 9.55 Å². The molecule has 20 heavy (non-hydrogen) atoms. The van der Waals surface area contributed by atoms with E-state index in [0.717, 1.165) is 21.9 Å². The molecule has 1 aromatic heterocycles. The molecular weight excluding hydrogens is 258 g/mol. The third-order valence-electron chi connectivity index (χ3n) is 2.90. The molecule has 0 atom stereocenters. The van der Waals surface area contributed by atoms with Crippen molar-refractivity contribution in [2.75, 3.05) is 5.32 Å². The quantitative estimate of drug-likeness (QED) is 0.854. The normalized spacial score (nSPS) is 10.3. The minimum Gasteiger partial charge on any atom is -0.322 e. The van der Waals surface area contributed by atoms with E-state index in [2.05, 4.69) is 10.3 Å². The molecule has 2 rings (SSSR count). The Labute approximate surface area is 115 Å². The first-order chi connectivity index (χ1) is 9.38. The molecule has 0 fully saturated rings. The lowest BCUT2D eigenvalue weighted by Crippen LogP contribution is -2.37. The van der Waals surface area contributed by atoms with Crippen LogP contribution in [0.15, 0.2) is 34.0 Å². The van der Waals surface area contributed by atoms with Crippen LogP contribution in [-0.2, 0) is 7.05 Å². The summed E-state index contributed by atoms with van der Waals surface area (Å²) in [5, 5.41) is 2.65. The molecule has 0 bridgehead atoms. The molecule has 2 aromatic rings. The predicted octanol–water partition coefficient (Wildman–Crippen LogP) is 0.943. The number of carbonyl (C=O) groups excluding carboxylic acids is 1. The molecule has 0 unspecified atom stereocenters. The molecule has 0 saturated heterocycles. The Balaban J connectivity index is 2.36. The zero-order chi connectivity index (χ0) is 14.9. The van der Waals surface area contributed by atoms with Crippen molar-refractivity contribution in [1.29, 1.82) is 0 Å². The fourth-order valence-corrected chi connectivity index (χ4v) is 1.97. The van der Waals surface area contributed by atoms with Crippen molar-refractivity contribution in [3.8, 4) is 0 Å². The lowest BCUT2D eigenvalue weighted by molar-refractivity contribution is 0.102. The van der Waals surface area contributed by atoms with Gasteiger partial charge >= 0.3 is 5.69 Å². The van der Waals surface area contributed by atoms with Crippen LogP contribution in [0.2, 0.25) is 0 Å². The van der Waals surface area contributed by atoms with Crippen LogP contribution < -0.4 is 16.6 Å². The van der Waals surface area contributed by atoms with Crippen LogP contribution in [-0.4, -0.2) is 15.5 Å². The van der Waals surface area contributed by atoms with E-state index in [1.165, 1.54) is 7.05 Å². The van der Waals surface area contributed by atoms with E-state index >= 15 is 0 Å². The number of H-pyrrole nitrogens is 1. The lowest BCUT2D eigenvalue weighted by Gasteiger charge is -2.07. The lowest BCUT2D eigenvalue weighted by atomic mass is 10.1. The summed E-state index contributed by atoms with van der Waals surface area (Å²) in [6.45, 7) is 3.84. The summed E-state index contributed by atoms with van der Waals surface area (Å²) in [5.74, 6) is -0.549. The molecule has 0 spiro atoms. The highest BCUT2D eigenvalue weighted by Crippen LogP contribution is 2.14. The maximum absolute atomic E-state index is 12.1.